The summed E-state index contributed by atoms with van der Waals surface area (Å²) in [5.74, 6) is -0.386. The minimum Gasteiger partial charge on any atom is -0.477 e. The van der Waals surface area contributed by atoms with Crippen LogP contribution in [0.3, 0.4) is 0 Å². The van der Waals surface area contributed by atoms with Crippen LogP contribution in [0.15, 0.2) is 6.07 Å². The molecule has 0 unspecified atom stereocenters. The summed E-state index contributed by atoms with van der Waals surface area (Å²) in [6.45, 7) is 4.58. The summed E-state index contributed by atoms with van der Waals surface area (Å²) in [6, 6.07) is 1.21. The zero-order valence-corrected chi connectivity index (χ0v) is 17.2. The number of anilines is 1. The topological polar surface area (TPSA) is 133 Å². The zero-order chi connectivity index (χ0) is 21.1. The zero-order valence-electron chi connectivity index (χ0n) is 16.4. The molecule has 0 bridgehead atoms. The first kappa shape index (κ1) is 21.0. The van der Waals surface area contributed by atoms with Crippen LogP contribution in [0.1, 0.15) is 46.0 Å². The number of carboxylic acids is 1. The van der Waals surface area contributed by atoms with Crippen LogP contribution >= 0.6 is 11.6 Å². The number of aryl methyl sites for hydroxylation is 2. The van der Waals surface area contributed by atoms with E-state index in [1.165, 1.54) is 6.07 Å². The highest BCUT2D eigenvalue weighted by Crippen LogP contribution is 2.21. The van der Waals surface area contributed by atoms with E-state index in [2.05, 4.69) is 25.3 Å². The molecule has 1 aliphatic heterocycles. The predicted molar refractivity (Wildman–Crippen MR) is 106 cm³/mol. The number of aromatic carboxylic acids is 1. The van der Waals surface area contributed by atoms with Gasteiger partial charge in [-0.2, -0.15) is 0 Å². The Morgan fingerprint density at radius 3 is 2.79 bits per heavy atom. The normalized spacial score (nSPS) is 19.2. The lowest BCUT2D eigenvalue weighted by molar-refractivity contribution is 0.0536. The number of nitrogens with zero attached hydrogens (tertiary/aromatic N) is 4. The van der Waals surface area contributed by atoms with Crippen molar-refractivity contribution in [3.63, 3.8) is 0 Å². The molecule has 3 heterocycles. The quantitative estimate of drug-likeness (QED) is 0.636. The van der Waals surface area contributed by atoms with Crippen molar-refractivity contribution in [1.82, 2.24) is 25.3 Å². The van der Waals surface area contributed by atoms with Crippen LogP contribution in [-0.4, -0.2) is 69.3 Å². The van der Waals surface area contributed by atoms with Crippen molar-refractivity contribution in [3.05, 3.63) is 34.3 Å². The summed E-state index contributed by atoms with van der Waals surface area (Å²) < 4.78 is 5.58. The summed E-state index contributed by atoms with van der Waals surface area (Å²) >= 11 is 6.01. The van der Waals surface area contributed by atoms with Gasteiger partial charge in [0.1, 0.15) is 11.6 Å². The number of carboxylic acid groups (broad SMARTS) is 1. The highest BCUT2D eigenvalue weighted by Gasteiger charge is 2.32. The van der Waals surface area contributed by atoms with Crippen molar-refractivity contribution in [2.75, 3.05) is 25.1 Å². The van der Waals surface area contributed by atoms with E-state index in [-0.39, 0.29) is 29.6 Å². The SMILES string of the molecule is CCc1[nH]c(C(=O)N[C@@H]2CCN(c3cc(C(=O)O)nc(C)n3)C[C@@H]2OC)nc1Cl. The largest absolute Gasteiger partial charge is 0.477 e. The Kier molecular flexibility index (Phi) is 6.33. The summed E-state index contributed by atoms with van der Waals surface area (Å²) in [5, 5.41) is 12.5. The van der Waals surface area contributed by atoms with Gasteiger partial charge in [0.05, 0.1) is 17.8 Å². The second-order valence-electron chi connectivity index (χ2n) is 6.76. The average molecular weight is 423 g/mol. The number of H-pyrrole nitrogens is 1. The van der Waals surface area contributed by atoms with Gasteiger partial charge in [-0.1, -0.05) is 18.5 Å². The van der Waals surface area contributed by atoms with Crippen LogP contribution in [-0.2, 0) is 11.2 Å². The highest BCUT2D eigenvalue weighted by molar-refractivity contribution is 6.30. The first-order valence-corrected chi connectivity index (χ1v) is 9.62. The third-order valence-electron chi connectivity index (χ3n) is 4.84. The molecule has 0 aliphatic carbocycles. The van der Waals surface area contributed by atoms with Gasteiger partial charge in [0.15, 0.2) is 16.7 Å². The average Bonchev–Trinajstić information content (AvgIpc) is 3.08. The third kappa shape index (κ3) is 4.65. The molecular weight excluding hydrogens is 400 g/mol. The molecule has 1 aliphatic rings. The molecular formula is C18H23ClN6O4. The maximum absolute atomic E-state index is 12.6. The lowest BCUT2D eigenvalue weighted by Gasteiger charge is -2.38. The maximum atomic E-state index is 12.6. The van der Waals surface area contributed by atoms with Crippen LogP contribution in [0, 0.1) is 6.92 Å². The van der Waals surface area contributed by atoms with E-state index in [0.29, 0.717) is 48.4 Å². The van der Waals surface area contributed by atoms with E-state index in [1.54, 1.807) is 14.0 Å². The maximum Gasteiger partial charge on any atom is 0.354 e. The number of amides is 1. The van der Waals surface area contributed by atoms with Crippen LogP contribution in [0.5, 0.6) is 0 Å². The predicted octanol–water partition coefficient (Wildman–Crippen LogP) is 1.45. The Hall–Kier alpha value is -2.72. The van der Waals surface area contributed by atoms with E-state index in [0.717, 1.165) is 0 Å². The second-order valence-corrected chi connectivity index (χ2v) is 7.12. The number of carbonyl (C=O) groups is 2. The molecule has 3 N–H and O–H groups in total. The number of rotatable bonds is 6. The molecule has 156 valence electrons. The molecule has 2 aromatic heterocycles. The Balaban J connectivity index is 1.71. The molecule has 2 atom stereocenters. The molecule has 11 heteroatoms. The van der Waals surface area contributed by atoms with Gasteiger partial charge in [-0.25, -0.2) is 19.7 Å². The standard InChI is InChI=1S/C18H23ClN6O4/c1-4-10-15(19)24-16(22-10)17(26)23-11-5-6-25(8-13(11)29-3)14-7-12(18(27)28)20-9(2)21-14/h7,11,13H,4-6,8H2,1-3H3,(H,22,24)(H,23,26)(H,27,28)/t11-,13+/m1/s1. The lowest BCUT2D eigenvalue weighted by Crippen LogP contribution is -2.55. The van der Waals surface area contributed by atoms with E-state index in [1.807, 2.05) is 11.8 Å². The van der Waals surface area contributed by atoms with Crippen LogP contribution in [0.25, 0.3) is 0 Å². The number of ether oxygens (including phenoxy) is 1. The number of hydrogen-bond acceptors (Lipinski definition) is 7. The van der Waals surface area contributed by atoms with Gasteiger partial charge < -0.3 is 25.0 Å². The van der Waals surface area contributed by atoms with Crippen molar-refractivity contribution in [2.45, 2.75) is 38.8 Å². The smallest absolute Gasteiger partial charge is 0.354 e. The van der Waals surface area contributed by atoms with Gasteiger partial charge in [0.25, 0.3) is 5.91 Å². The van der Waals surface area contributed by atoms with Gasteiger partial charge in [0, 0.05) is 26.3 Å². The highest BCUT2D eigenvalue weighted by atomic mass is 35.5. The molecule has 2 aromatic rings. The number of halogens is 1. The number of carbonyl (C=O) groups excluding carboxylic acids is 1. The Labute approximate surface area is 172 Å². The number of aromatic amines is 1. The molecule has 1 amide bonds. The second kappa shape index (κ2) is 8.75. The van der Waals surface area contributed by atoms with Crippen LogP contribution < -0.4 is 10.2 Å². The van der Waals surface area contributed by atoms with Crippen LogP contribution in [0.2, 0.25) is 5.15 Å². The van der Waals surface area contributed by atoms with E-state index in [9.17, 15) is 14.7 Å². The molecule has 0 aromatic carbocycles. The molecule has 3 rings (SSSR count). The number of hydrogen-bond donors (Lipinski definition) is 3. The van der Waals surface area contributed by atoms with Crippen molar-refractivity contribution in [1.29, 1.82) is 0 Å². The summed E-state index contributed by atoms with van der Waals surface area (Å²) in [4.78, 5) is 41.0. The first-order valence-electron chi connectivity index (χ1n) is 9.24. The summed E-state index contributed by atoms with van der Waals surface area (Å²) in [5.41, 5.74) is 0.654. The van der Waals surface area contributed by atoms with Crippen molar-refractivity contribution < 1.29 is 19.4 Å². The Morgan fingerprint density at radius 2 is 2.17 bits per heavy atom. The summed E-state index contributed by atoms with van der Waals surface area (Å²) in [7, 11) is 1.57. The van der Waals surface area contributed by atoms with Crippen molar-refractivity contribution >= 4 is 29.3 Å². The molecule has 0 radical (unpaired) electrons. The van der Waals surface area contributed by atoms with E-state index < -0.39 is 5.97 Å². The summed E-state index contributed by atoms with van der Waals surface area (Å²) in [6.07, 6.45) is 0.923. The Morgan fingerprint density at radius 1 is 1.41 bits per heavy atom. The lowest BCUT2D eigenvalue weighted by atomic mass is 10.0. The molecule has 0 spiro atoms. The first-order chi connectivity index (χ1) is 13.8. The van der Waals surface area contributed by atoms with E-state index in [4.69, 9.17) is 16.3 Å². The molecule has 1 fully saturated rings. The van der Waals surface area contributed by atoms with Crippen LogP contribution in [0.4, 0.5) is 5.82 Å². The molecule has 29 heavy (non-hydrogen) atoms. The molecule has 10 nitrogen and oxygen atoms in total. The minimum atomic E-state index is -1.11. The number of methoxy groups -OCH3 is 1. The fourth-order valence-corrected chi connectivity index (χ4v) is 3.58. The van der Waals surface area contributed by atoms with Gasteiger partial charge in [0.2, 0.25) is 0 Å². The van der Waals surface area contributed by atoms with Crippen molar-refractivity contribution in [2.24, 2.45) is 0 Å². The van der Waals surface area contributed by atoms with Gasteiger partial charge in [-0.3, -0.25) is 4.79 Å². The molecule has 0 saturated carbocycles. The number of piperidine rings is 1. The van der Waals surface area contributed by atoms with E-state index >= 15 is 0 Å². The van der Waals surface area contributed by atoms with Gasteiger partial charge >= 0.3 is 5.97 Å². The third-order valence-corrected chi connectivity index (χ3v) is 5.16. The monoisotopic (exact) mass is 422 g/mol. The van der Waals surface area contributed by atoms with Gasteiger partial charge in [-0.05, 0) is 19.8 Å². The molecule has 1 saturated heterocycles. The minimum absolute atomic E-state index is 0.0571. The number of nitrogens with one attached hydrogen (secondary N) is 2. The number of aromatic nitrogens is 4. The Bertz CT molecular complexity index is 918. The van der Waals surface area contributed by atoms with Crippen molar-refractivity contribution in [3.8, 4) is 0 Å². The number of imidazole rings is 1. The fraction of sp³-hybridized carbons (Fsp3) is 0.500. The van der Waals surface area contributed by atoms with Gasteiger partial charge in [-0.15, -0.1) is 0 Å². The fourth-order valence-electron chi connectivity index (χ4n) is 3.32.